The van der Waals surface area contributed by atoms with Gasteiger partial charge in [0, 0.05) is 5.92 Å². The van der Waals surface area contributed by atoms with Crippen LogP contribution in [0.15, 0.2) is 21.2 Å². The van der Waals surface area contributed by atoms with Gasteiger partial charge in [0.05, 0.1) is 0 Å². The zero-order chi connectivity index (χ0) is 8.72. The maximum Gasteiger partial charge on any atom is 0.201 e. The van der Waals surface area contributed by atoms with E-state index in [0.717, 1.165) is 6.42 Å². The third-order valence-corrected chi connectivity index (χ3v) is 2.69. The lowest BCUT2D eigenvalue weighted by molar-refractivity contribution is 0.0933. The molecule has 1 fully saturated rings. The van der Waals surface area contributed by atoms with Gasteiger partial charge in [0.15, 0.2) is 10.4 Å². The average molecular weight is 229 g/mol. The van der Waals surface area contributed by atoms with Crippen LogP contribution in [0.1, 0.15) is 23.9 Å². The van der Waals surface area contributed by atoms with Crippen molar-refractivity contribution in [3.63, 3.8) is 0 Å². The summed E-state index contributed by atoms with van der Waals surface area (Å²) in [6, 6.07) is 3.47. The van der Waals surface area contributed by atoms with E-state index in [1.807, 2.05) is 0 Å². The molecule has 0 spiro atoms. The normalized spacial score (nSPS) is 27.2. The molecule has 0 aliphatic heterocycles. The van der Waals surface area contributed by atoms with E-state index in [4.69, 9.17) is 4.42 Å². The lowest BCUT2D eigenvalue weighted by Gasteiger charge is -1.91. The van der Waals surface area contributed by atoms with Gasteiger partial charge < -0.3 is 4.42 Å². The Morgan fingerprint density at radius 3 is 2.75 bits per heavy atom. The highest BCUT2D eigenvalue weighted by Gasteiger charge is 2.40. The summed E-state index contributed by atoms with van der Waals surface area (Å²) in [6.45, 7) is 2.08. The van der Waals surface area contributed by atoms with Gasteiger partial charge in [-0.05, 0) is 40.4 Å². The molecule has 0 amide bonds. The molecule has 1 aliphatic rings. The zero-order valence-corrected chi connectivity index (χ0v) is 8.30. The molecule has 1 aliphatic carbocycles. The van der Waals surface area contributed by atoms with Crippen LogP contribution in [0.25, 0.3) is 0 Å². The first-order valence-electron chi connectivity index (χ1n) is 3.98. The van der Waals surface area contributed by atoms with Crippen molar-refractivity contribution < 1.29 is 9.21 Å². The van der Waals surface area contributed by atoms with Gasteiger partial charge in [-0.1, -0.05) is 6.92 Å². The monoisotopic (exact) mass is 228 g/mol. The van der Waals surface area contributed by atoms with Crippen molar-refractivity contribution in [2.75, 3.05) is 0 Å². The highest BCUT2D eigenvalue weighted by molar-refractivity contribution is 9.10. The average Bonchev–Trinajstić information content (AvgIpc) is 2.58. The largest absolute Gasteiger partial charge is 0.446 e. The van der Waals surface area contributed by atoms with Crippen molar-refractivity contribution in [2.24, 2.45) is 11.8 Å². The van der Waals surface area contributed by atoms with E-state index >= 15 is 0 Å². The fourth-order valence-corrected chi connectivity index (χ4v) is 1.62. The highest BCUT2D eigenvalue weighted by Crippen LogP contribution is 2.40. The Balaban J connectivity index is 2.15. The van der Waals surface area contributed by atoms with E-state index in [9.17, 15) is 4.79 Å². The van der Waals surface area contributed by atoms with Gasteiger partial charge in [0.1, 0.15) is 0 Å². The Hall–Kier alpha value is -0.570. The number of carbonyl (C=O) groups excluding carboxylic acids is 1. The second-order valence-electron chi connectivity index (χ2n) is 3.29. The molecule has 1 saturated carbocycles. The molecule has 2 unspecified atom stereocenters. The lowest BCUT2D eigenvalue weighted by Crippen LogP contribution is -2.00. The smallest absolute Gasteiger partial charge is 0.201 e. The minimum Gasteiger partial charge on any atom is -0.446 e. The molecule has 1 heterocycles. The van der Waals surface area contributed by atoms with Crippen LogP contribution in [-0.4, -0.2) is 5.78 Å². The summed E-state index contributed by atoms with van der Waals surface area (Å²) in [5.41, 5.74) is 0. The van der Waals surface area contributed by atoms with Crippen LogP contribution in [-0.2, 0) is 0 Å². The number of halogens is 1. The van der Waals surface area contributed by atoms with E-state index in [2.05, 4.69) is 22.9 Å². The summed E-state index contributed by atoms with van der Waals surface area (Å²) in [7, 11) is 0. The van der Waals surface area contributed by atoms with Crippen molar-refractivity contribution in [3.05, 3.63) is 22.6 Å². The Labute approximate surface area is 79.1 Å². The molecule has 64 valence electrons. The van der Waals surface area contributed by atoms with Gasteiger partial charge in [-0.3, -0.25) is 4.79 Å². The van der Waals surface area contributed by atoms with E-state index in [-0.39, 0.29) is 11.7 Å². The molecule has 0 aromatic carbocycles. The number of furan rings is 1. The van der Waals surface area contributed by atoms with E-state index < -0.39 is 0 Å². The van der Waals surface area contributed by atoms with Crippen LogP contribution in [0.2, 0.25) is 0 Å². The fraction of sp³-hybridized carbons (Fsp3) is 0.444. The molecule has 2 nitrogen and oxygen atoms in total. The number of hydrogen-bond donors (Lipinski definition) is 0. The molecule has 2 rings (SSSR count). The van der Waals surface area contributed by atoms with Crippen LogP contribution in [0, 0.1) is 11.8 Å². The van der Waals surface area contributed by atoms with Gasteiger partial charge in [-0.25, -0.2) is 0 Å². The zero-order valence-electron chi connectivity index (χ0n) is 6.71. The number of hydrogen-bond acceptors (Lipinski definition) is 2. The van der Waals surface area contributed by atoms with Crippen molar-refractivity contribution in [1.82, 2.24) is 0 Å². The standard InChI is InChI=1S/C9H9BrO2/c1-5-4-6(5)9(11)7-2-3-8(10)12-7/h2-3,5-6H,4H2,1H3. The first-order valence-corrected chi connectivity index (χ1v) is 4.77. The molecule has 0 saturated heterocycles. The molecule has 12 heavy (non-hydrogen) atoms. The van der Waals surface area contributed by atoms with Crippen molar-refractivity contribution in [3.8, 4) is 0 Å². The SMILES string of the molecule is CC1CC1C(=O)c1ccc(Br)o1. The maximum absolute atomic E-state index is 11.5. The van der Waals surface area contributed by atoms with Crippen LogP contribution in [0.4, 0.5) is 0 Å². The van der Waals surface area contributed by atoms with Crippen LogP contribution >= 0.6 is 15.9 Å². The Bertz CT molecular complexity index is 316. The summed E-state index contributed by atoms with van der Waals surface area (Å²) in [5, 5.41) is 0. The first-order chi connectivity index (χ1) is 5.68. The molecule has 0 N–H and O–H groups in total. The summed E-state index contributed by atoms with van der Waals surface area (Å²) >= 11 is 3.17. The minimum atomic E-state index is 0.146. The van der Waals surface area contributed by atoms with Gasteiger partial charge in [-0.2, -0.15) is 0 Å². The number of Topliss-reactive ketones (excluding diaryl/α,β-unsaturated/α-hetero) is 1. The van der Waals surface area contributed by atoms with E-state index in [0.29, 0.717) is 16.3 Å². The molecule has 2 atom stereocenters. The van der Waals surface area contributed by atoms with Gasteiger partial charge in [-0.15, -0.1) is 0 Å². The Morgan fingerprint density at radius 1 is 1.67 bits per heavy atom. The van der Waals surface area contributed by atoms with E-state index in [1.54, 1.807) is 12.1 Å². The molecule has 3 heteroatoms. The quantitative estimate of drug-likeness (QED) is 0.730. The molecular formula is C9H9BrO2. The second-order valence-corrected chi connectivity index (χ2v) is 4.07. The van der Waals surface area contributed by atoms with Crippen molar-refractivity contribution >= 4 is 21.7 Å². The molecule has 0 radical (unpaired) electrons. The van der Waals surface area contributed by atoms with Gasteiger partial charge in [0.25, 0.3) is 0 Å². The second kappa shape index (κ2) is 2.73. The van der Waals surface area contributed by atoms with Crippen molar-refractivity contribution in [1.29, 1.82) is 0 Å². The van der Waals surface area contributed by atoms with Crippen LogP contribution < -0.4 is 0 Å². The summed E-state index contributed by atoms with van der Waals surface area (Å²) < 4.78 is 5.79. The number of rotatable bonds is 2. The third-order valence-electron chi connectivity index (χ3n) is 2.26. The topological polar surface area (TPSA) is 30.2 Å². The minimum absolute atomic E-state index is 0.146. The predicted octanol–water partition coefficient (Wildman–Crippen LogP) is 2.88. The van der Waals surface area contributed by atoms with E-state index in [1.165, 1.54) is 0 Å². The fourth-order valence-electron chi connectivity index (χ4n) is 1.32. The van der Waals surface area contributed by atoms with Crippen molar-refractivity contribution in [2.45, 2.75) is 13.3 Å². The summed E-state index contributed by atoms with van der Waals surface area (Å²) in [4.78, 5) is 11.5. The molecular weight excluding hydrogens is 220 g/mol. The maximum atomic E-state index is 11.5. The van der Waals surface area contributed by atoms with Crippen LogP contribution in [0.5, 0.6) is 0 Å². The van der Waals surface area contributed by atoms with Crippen LogP contribution in [0.3, 0.4) is 0 Å². The third kappa shape index (κ3) is 1.33. The summed E-state index contributed by atoms with van der Waals surface area (Å²) in [6.07, 6.45) is 1.01. The van der Waals surface area contributed by atoms with Gasteiger partial charge >= 0.3 is 0 Å². The molecule has 0 bridgehead atoms. The first kappa shape index (κ1) is 8.05. The highest BCUT2D eigenvalue weighted by atomic mass is 79.9. The number of ketones is 1. The molecule has 1 aromatic heterocycles. The lowest BCUT2D eigenvalue weighted by atomic mass is 10.2. The Morgan fingerprint density at radius 2 is 2.33 bits per heavy atom. The predicted molar refractivity (Wildman–Crippen MR) is 48.0 cm³/mol. The number of carbonyl (C=O) groups is 1. The summed E-state index contributed by atoms with van der Waals surface area (Å²) in [5.74, 6) is 1.38. The van der Waals surface area contributed by atoms with Gasteiger partial charge in [0.2, 0.25) is 5.78 Å². The molecule has 1 aromatic rings. The Kier molecular flexibility index (Phi) is 1.83.